The van der Waals surface area contributed by atoms with Crippen molar-refractivity contribution in [3.8, 4) is 10.4 Å². The smallest absolute Gasteiger partial charge is 0.239 e. The van der Waals surface area contributed by atoms with Crippen LogP contribution in [0.3, 0.4) is 0 Å². The van der Waals surface area contributed by atoms with E-state index in [0.717, 1.165) is 43.8 Å². The van der Waals surface area contributed by atoms with Gasteiger partial charge >= 0.3 is 0 Å². The average Bonchev–Trinajstić information content (AvgIpc) is 3.50. The molecule has 2 heterocycles. The molecule has 10 heteroatoms. The Hall–Kier alpha value is -4.28. The topological polar surface area (TPSA) is 97.4 Å². The number of hydrogen-bond acceptors (Lipinski definition) is 8. The maximum absolute atomic E-state index is 14.3. The molecule has 0 saturated carbocycles. The molecule has 1 aliphatic rings. The number of methoxy groups -OCH3 is 2. The number of nitrogens with one attached hydrogen (secondary N) is 3. The average molecular weight is 602 g/mol. The largest absolute Gasteiger partial charge is 0.498 e. The lowest BCUT2D eigenvalue weighted by molar-refractivity contribution is -0.119. The number of amides is 1. The number of halogens is 1. The number of hydrogen-bond donors (Lipinski definition) is 3. The number of nitrogens with zero attached hydrogens (tertiary/aromatic N) is 2. The third kappa shape index (κ3) is 6.87. The van der Waals surface area contributed by atoms with Crippen molar-refractivity contribution in [2.75, 3.05) is 31.4 Å². The van der Waals surface area contributed by atoms with Crippen molar-refractivity contribution in [1.29, 1.82) is 0 Å². The first kappa shape index (κ1) is 30.2. The van der Waals surface area contributed by atoms with Crippen LogP contribution in [0.25, 0.3) is 16.5 Å². The molecule has 8 nitrogen and oxygen atoms in total. The van der Waals surface area contributed by atoms with Crippen molar-refractivity contribution >= 4 is 34.8 Å². The van der Waals surface area contributed by atoms with Gasteiger partial charge in [-0.25, -0.2) is 14.4 Å². The van der Waals surface area contributed by atoms with E-state index in [1.54, 1.807) is 31.6 Å². The fourth-order valence-corrected chi connectivity index (χ4v) is 6.20. The highest BCUT2D eigenvalue weighted by molar-refractivity contribution is 7.15. The summed E-state index contributed by atoms with van der Waals surface area (Å²) in [6, 6.07) is 18.2. The summed E-state index contributed by atoms with van der Waals surface area (Å²) in [4.78, 5) is 24.0. The number of rotatable bonds is 11. The zero-order valence-electron chi connectivity index (χ0n) is 25.0. The summed E-state index contributed by atoms with van der Waals surface area (Å²) in [6.45, 7) is 6.28. The number of thiophene rings is 1. The second-order valence-corrected chi connectivity index (χ2v) is 11.8. The predicted octanol–water partition coefficient (Wildman–Crippen LogP) is 6.50. The molecule has 2 aromatic carbocycles. The highest BCUT2D eigenvalue weighted by Gasteiger charge is 2.37. The Bertz CT molecular complexity index is 1640. The van der Waals surface area contributed by atoms with E-state index in [2.05, 4.69) is 33.9 Å². The molecule has 0 fully saturated rings. The maximum atomic E-state index is 14.3. The summed E-state index contributed by atoms with van der Waals surface area (Å²) < 4.78 is 25.7. The van der Waals surface area contributed by atoms with Crippen molar-refractivity contribution in [3.63, 3.8) is 0 Å². The number of aryl methyl sites for hydroxylation is 1. The molecule has 1 amide bonds. The second kappa shape index (κ2) is 12.9. The Kier molecular flexibility index (Phi) is 9.08. The van der Waals surface area contributed by atoms with Crippen LogP contribution in [0, 0.1) is 12.7 Å². The van der Waals surface area contributed by atoms with Crippen LogP contribution in [0.5, 0.6) is 0 Å². The first-order chi connectivity index (χ1) is 20.7. The van der Waals surface area contributed by atoms with E-state index in [0.29, 0.717) is 17.8 Å². The summed E-state index contributed by atoms with van der Waals surface area (Å²) in [5.74, 6) is 1.62. The van der Waals surface area contributed by atoms with E-state index in [9.17, 15) is 9.18 Å². The molecular formula is C33H36FN5O3S. The molecule has 4 aromatic rings. The third-order valence-electron chi connectivity index (χ3n) is 7.57. The molecule has 3 N–H and O–H groups in total. The number of para-hydroxylation sites is 1. The third-order valence-corrected chi connectivity index (χ3v) is 8.87. The molecular weight excluding hydrogens is 565 g/mol. The van der Waals surface area contributed by atoms with Gasteiger partial charge in [0.15, 0.2) is 0 Å². The highest BCUT2D eigenvalue weighted by atomic mass is 32.1. The molecule has 0 aliphatic heterocycles. The fourth-order valence-electron chi connectivity index (χ4n) is 5.13. The zero-order valence-corrected chi connectivity index (χ0v) is 25.8. The molecule has 0 spiro atoms. The van der Waals surface area contributed by atoms with Crippen LogP contribution in [-0.2, 0) is 27.2 Å². The maximum Gasteiger partial charge on any atom is 0.239 e. The summed E-state index contributed by atoms with van der Waals surface area (Å²) in [5.41, 5.74) is 3.61. The van der Waals surface area contributed by atoms with Gasteiger partial charge in [0.2, 0.25) is 5.91 Å². The second-order valence-electron chi connectivity index (χ2n) is 10.7. The molecule has 2 atom stereocenters. The van der Waals surface area contributed by atoms with Crippen LogP contribution in [0.15, 0.2) is 66.4 Å². The summed E-state index contributed by atoms with van der Waals surface area (Å²) in [6.07, 6.45) is 2.48. The number of fused-ring (bicyclic) bond motifs is 1. The Labute approximate surface area is 255 Å². The van der Waals surface area contributed by atoms with Gasteiger partial charge in [0.25, 0.3) is 0 Å². The molecule has 0 radical (unpaired) electrons. The van der Waals surface area contributed by atoms with Crippen molar-refractivity contribution in [2.45, 2.75) is 45.4 Å². The van der Waals surface area contributed by atoms with Crippen LogP contribution < -0.4 is 16.0 Å². The minimum absolute atomic E-state index is 0.0635. The van der Waals surface area contributed by atoms with Crippen molar-refractivity contribution in [3.05, 3.63) is 99.8 Å². The van der Waals surface area contributed by atoms with E-state index >= 15 is 0 Å². The van der Waals surface area contributed by atoms with Gasteiger partial charge in [0.1, 0.15) is 28.8 Å². The Balaban J connectivity index is 1.31. The minimum atomic E-state index is -0.623. The van der Waals surface area contributed by atoms with Gasteiger partial charge in [-0.05, 0) is 68.3 Å². The molecule has 43 heavy (non-hydrogen) atoms. The number of benzene rings is 2. The number of carbonyl (C=O) groups excluding carboxylic acids is 1. The molecule has 2 unspecified atom stereocenters. The van der Waals surface area contributed by atoms with Gasteiger partial charge in [-0.2, -0.15) is 0 Å². The Morgan fingerprint density at radius 2 is 1.91 bits per heavy atom. The van der Waals surface area contributed by atoms with Crippen molar-refractivity contribution in [1.82, 2.24) is 15.3 Å². The normalized spacial score (nSPS) is 16.6. The number of aromatic nitrogens is 2. The van der Waals surface area contributed by atoms with E-state index in [-0.39, 0.29) is 30.9 Å². The molecule has 224 valence electrons. The Morgan fingerprint density at radius 1 is 1.12 bits per heavy atom. The quantitative estimate of drug-likeness (QED) is 0.181. The van der Waals surface area contributed by atoms with Gasteiger partial charge in [0, 0.05) is 47.2 Å². The molecule has 0 saturated heterocycles. The standard InChI is InChI=1S/C33H36FN5O3S/c1-20(37-32-26-17-33(3,42-5)30(41-4)16-27(26)38-21(2)39-32)28-13-14-29(43-28)25-12-11-23(34)15-22(25)18-36-31(40)19-35-24-9-7-6-8-10-24/h6-16,20,35H,17-19H2,1-5H3,(H,36,40)(H,37,38,39). The number of carbonyl (C=O) groups is 1. The minimum Gasteiger partial charge on any atom is -0.498 e. The molecule has 2 aromatic heterocycles. The van der Waals surface area contributed by atoms with E-state index in [4.69, 9.17) is 14.5 Å². The molecule has 1 aliphatic carbocycles. The van der Waals surface area contributed by atoms with Crippen LogP contribution in [-0.4, -0.2) is 42.2 Å². The summed E-state index contributed by atoms with van der Waals surface area (Å²) in [5, 5.41) is 9.59. The first-order valence-corrected chi connectivity index (χ1v) is 14.9. The van der Waals surface area contributed by atoms with Gasteiger partial charge in [-0.1, -0.05) is 24.3 Å². The van der Waals surface area contributed by atoms with E-state index < -0.39 is 5.60 Å². The van der Waals surface area contributed by atoms with Gasteiger partial charge in [-0.15, -0.1) is 11.3 Å². The van der Waals surface area contributed by atoms with Gasteiger partial charge in [-0.3, -0.25) is 4.79 Å². The van der Waals surface area contributed by atoms with Crippen LogP contribution in [0.4, 0.5) is 15.9 Å². The number of anilines is 2. The summed E-state index contributed by atoms with van der Waals surface area (Å²) >= 11 is 1.62. The lowest BCUT2D eigenvalue weighted by atomic mass is 9.87. The monoisotopic (exact) mass is 601 g/mol. The highest BCUT2D eigenvalue weighted by Crippen LogP contribution is 2.39. The SMILES string of the molecule is COC1=Cc2nc(C)nc(NC(C)c3ccc(-c4ccc(F)cc4CNC(=O)CNc4ccccc4)s3)c2CC1(C)OC. The van der Waals surface area contributed by atoms with Crippen molar-refractivity contribution < 1.29 is 18.7 Å². The lowest BCUT2D eigenvalue weighted by Crippen LogP contribution is -2.36. The van der Waals surface area contributed by atoms with E-state index in [1.165, 1.54) is 12.1 Å². The fraction of sp³-hybridized carbons (Fsp3) is 0.303. The van der Waals surface area contributed by atoms with Crippen molar-refractivity contribution in [2.24, 2.45) is 0 Å². The summed E-state index contributed by atoms with van der Waals surface area (Å²) in [7, 11) is 3.31. The predicted molar refractivity (Wildman–Crippen MR) is 169 cm³/mol. The van der Waals surface area contributed by atoms with Crippen LogP contribution in [0.2, 0.25) is 0 Å². The Morgan fingerprint density at radius 3 is 2.65 bits per heavy atom. The molecule has 0 bridgehead atoms. The van der Waals surface area contributed by atoms with Gasteiger partial charge in [0.05, 0.1) is 25.4 Å². The van der Waals surface area contributed by atoms with Crippen LogP contribution in [0.1, 0.15) is 47.4 Å². The van der Waals surface area contributed by atoms with Gasteiger partial charge < -0.3 is 25.4 Å². The number of ether oxygens (including phenoxy) is 2. The van der Waals surface area contributed by atoms with Crippen LogP contribution >= 0.6 is 11.3 Å². The van der Waals surface area contributed by atoms with E-state index in [1.807, 2.05) is 56.3 Å². The first-order valence-electron chi connectivity index (χ1n) is 14.1. The lowest BCUT2D eigenvalue weighted by Gasteiger charge is -2.34. The zero-order chi connectivity index (χ0) is 30.6. The molecule has 5 rings (SSSR count).